The van der Waals surface area contributed by atoms with Gasteiger partial charge in [0.2, 0.25) is 0 Å². The molecule has 0 radical (unpaired) electrons. The molecule has 2 nitrogen and oxygen atoms in total. The third kappa shape index (κ3) is 2.70. The fraction of sp³-hybridized carbons (Fsp3) is 0.188. The van der Waals surface area contributed by atoms with Gasteiger partial charge in [-0.1, -0.05) is 19.1 Å². The van der Waals surface area contributed by atoms with Crippen LogP contribution in [0.1, 0.15) is 23.6 Å². The van der Waals surface area contributed by atoms with Crippen molar-refractivity contribution in [2.45, 2.75) is 20.3 Å². The Morgan fingerprint density at radius 2 is 1.72 bits per heavy atom. The molecule has 2 rings (SSSR count). The van der Waals surface area contributed by atoms with Crippen molar-refractivity contribution >= 4 is 0 Å². The lowest BCUT2D eigenvalue weighted by Gasteiger charge is -2.07. The molecule has 2 heteroatoms. The van der Waals surface area contributed by atoms with E-state index in [2.05, 4.69) is 25.1 Å². The van der Waals surface area contributed by atoms with Crippen LogP contribution < -0.4 is 4.74 Å². The second-order valence-corrected chi connectivity index (χ2v) is 4.19. The second-order valence-electron chi connectivity index (χ2n) is 4.19. The van der Waals surface area contributed by atoms with E-state index in [-0.39, 0.29) is 0 Å². The van der Waals surface area contributed by atoms with E-state index in [1.54, 1.807) is 6.07 Å². The van der Waals surface area contributed by atoms with E-state index in [1.807, 2.05) is 31.2 Å². The van der Waals surface area contributed by atoms with Crippen LogP contribution in [-0.2, 0) is 6.42 Å². The van der Waals surface area contributed by atoms with E-state index in [1.165, 1.54) is 5.56 Å². The van der Waals surface area contributed by atoms with E-state index < -0.39 is 0 Å². The van der Waals surface area contributed by atoms with Gasteiger partial charge in [-0.15, -0.1) is 0 Å². The van der Waals surface area contributed by atoms with Gasteiger partial charge in [0.15, 0.2) is 0 Å². The van der Waals surface area contributed by atoms with Crippen molar-refractivity contribution in [2.75, 3.05) is 0 Å². The summed E-state index contributed by atoms with van der Waals surface area (Å²) in [5.41, 5.74) is 2.90. The number of aryl methyl sites for hydroxylation is 2. The molecule has 0 heterocycles. The van der Waals surface area contributed by atoms with Crippen molar-refractivity contribution in [3.8, 4) is 17.6 Å². The van der Waals surface area contributed by atoms with Gasteiger partial charge in [0.05, 0.1) is 11.6 Å². The maximum absolute atomic E-state index is 8.87. The zero-order valence-electron chi connectivity index (χ0n) is 10.6. The molecule has 0 N–H and O–H groups in total. The topological polar surface area (TPSA) is 33.0 Å². The molecular formula is C16H15NO. The van der Waals surface area contributed by atoms with Crippen LogP contribution in [0, 0.1) is 18.3 Å². The summed E-state index contributed by atoms with van der Waals surface area (Å²) in [6.45, 7) is 4.03. The molecule has 0 atom stereocenters. The Morgan fingerprint density at radius 3 is 2.28 bits per heavy atom. The molecule has 0 bridgehead atoms. The van der Waals surface area contributed by atoms with E-state index in [4.69, 9.17) is 10.00 Å². The number of benzene rings is 2. The zero-order chi connectivity index (χ0) is 13.0. The molecule has 18 heavy (non-hydrogen) atoms. The molecular weight excluding hydrogens is 222 g/mol. The minimum Gasteiger partial charge on any atom is -0.457 e. The van der Waals surface area contributed by atoms with Crippen LogP contribution >= 0.6 is 0 Å². The second kappa shape index (κ2) is 5.37. The summed E-state index contributed by atoms with van der Waals surface area (Å²) in [7, 11) is 0. The number of nitrogens with zero attached hydrogens (tertiary/aromatic N) is 1. The monoisotopic (exact) mass is 237 g/mol. The molecule has 0 fully saturated rings. The van der Waals surface area contributed by atoms with Gasteiger partial charge in [-0.05, 0) is 54.8 Å². The first-order valence-electron chi connectivity index (χ1n) is 6.00. The highest BCUT2D eigenvalue weighted by molar-refractivity contribution is 5.43. The molecule has 0 aliphatic heterocycles. The Kier molecular flexibility index (Phi) is 3.64. The Labute approximate surface area is 107 Å². The summed E-state index contributed by atoms with van der Waals surface area (Å²) in [6, 6.07) is 15.7. The fourth-order valence-corrected chi connectivity index (χ4v) is 1.75. The van der Waals surface area contributed by atoms with Gasteiger partial charge in [0, 0.05) is 0 Å². The summed E-state index contributed by atoms with van der Waals surface area (Å²) >= 11 is 0. The standard InChI is InChI=1S/C16H15NO/c1-3-13-4-7-15(8-5-13)18-16-9-6-14(11-17)12(2)10-16/h4-10H,3H2,1-2H3. The number of hydrogen-bond donors (Lipinski definition) is 0. The lowest BCUT2D eigenvalue weighted by Crippen LogP contribution is -1.88. The molecule has 0 saturated heterocycles. The van der Waals surface area contributed by atoms with Crippen molar-refractivity contribution < 1.29 is 4.74 Å². The molecule has 2 aromatic carbocycles. The van der Waals surface area contributed by atoms with Crippen molar-refractivity contribution in [3.63, 3.8) is 0 Å². The maximum Gasteiger partial charge on any atom is 0.127 e. The summed E-state index contributed by atoms with van der Waals surface area (Å²) in [5.74, 6) is 1.58. The normalized spacial score (nSPS) is 9.83. The third-order valence-corrected chi connectivity index (χ3v) is 2.89. The molecule has 0 aliphatic carbocycles. The Morgan fingerprint density at radius 1 is 1.06 bits per heavy atom. The van der Waals surface area contributed by atoms with Crippen LogP contribution in [0.4, 0.5) is 0 Å². The van der Waals surface area contributed by atoms with Crippen molar-refractivity contribution in [2.24, 2.45) is 0 Å². The van der Waals surface area contributed by atoms with Gasteiger partial charge in [-0.25, -0.2) is 0 Å². The Bertz CT molecular complexity index is 579. The van der Waals surface area contributed by atoms with E-state index >= 15 is 0 Å². The third-order valence-electron chi connectivity index (χ3n) is 2.89. The Balaban J connectivity index is 2.18. The molecule has 0 aliphatic rings. The number of nitriles is 1. The first-order valence-corrected chi connectivity index (χ1v) is 6.00. The van der Waals surface area contributed by atoms with E-state index in [0.29, 0.717) is 5.56 Å². The predicted molar refractivity (Wildman–Crippen MR) is 71.8 cm³/mol. The minimum atomic E-state index is 0.684. The van der Waals surface area contributed by atoms with Gasteiger partial charge in [0.25, 0.3) is 0 Å². The molecule has 0 saturated carbocycles. The summed E-state index contributed by atoms with van der Waals surface area (Å²) in [4.78, 5) is 0. The molecule has 0 spiro atoms. The zero-order valence-corrected chi connectivity index (χ0v) is 10.6. The lowest BCUT2D eigenvalue weighted by atomic mass is 10.1. The van der Waals surface area contributed by atoms with E-state index in [0.717, 1.165) is 23.5 Å². The highest BCUT2D eigenvalue weighted by Gasteiger charge is 2.01. The predicted octanol–water partition coefficient (Wildman–Crippen LogP) is 4.22. The SMILES string of the molecule is CCc1ccc(Oc2ccc(C#N)c(C)c2)cc1. The smallest absolute Gasteiger partial charge is 0.127 e. The first-order chi connectivity index (χ1) is 8.72. The number of ether oxygens (including phenoxy) is 1. The highest BCUT2D eigenvalue weighted by Crippen LogP contribution is 2.24. The minimum absolute atomic E-state index is 0.684. The summed E-state index contributed by atoms with van der Waals surface area (Å²) in [5, 5.41) is 8.87. The van der Waals surface area contributed by atoms with Crippen LogP contribution in [0.3, 0.4) is 0 Å². The number of rotatable bonds is 3. The van der Waals surface area contributed by atoms with Crippen LogP contribution in [0.5, 0.6) is 11.5 Å². The van der Waals surface area contributed by atoms with Gasteiger partial charge < -0.3 is 4.74 Å². The lowest BCUT2D eigenvalue weighted by molar-refractivity contribution is 0.482. The van der Waals surface area contributed by atoms with Gasteiger partial charge in [-0.2, -0.15) is 5.26 Å². The molecule has 0 aromatic heterocycles. The maximum atomic E-state index is 8.87. The average molecular weight is 237 g/mol. The van der Waals surface area contributed by atoms with Crippen LogP contribution in [0.2, 0.25) is 0 Å². The van der Waals surface area contributed by atoms with Crippen LogP contribution in [0.25, 0.3) is 0 Å². The molecule has 90 valence electrons. The average Bonchev–Trinajstić information content (AvgIpc) is 2.40. The van der Waals surface area contributed by atoms with Crippen molar-refractivity contribution in [3.05, 3.63) is 59.2 Å². The molecule has 2 aromatic rings. The van der Waals surface area contributed by atoms with Crippen molar-refractivity contribution in [1.82, 2.24) is 0 Å². The van der Waals surface area contributed by atoms with Gasteiger partial charge in [0.1, 0.15) is 11.5 Å². The summed E-state index contributed by atoms with van der Waals surface area (Å²) in [6.07, 6.45) is 1.02. The summed E-state index contributed by atoms with van der Waals surface area (Å²) < 4.78 is 5.75. The molecule has 0 amide bonds. The van der Waals surface area contributed by atoms with Gasteiger partial charge >= 0.3 is 0 Å². The largest absolute Gasteiger partial charge is 0.457 e. The first kappa shape index (κ1) is 12.2. The van der Waals surface area contributed by atoms with Crippen molar-refractivity contribution in [1.29, 1.82) is 5.26 Å². The quantitative estimate of drug-likeness (QED) is 0.800. The van der Waals surface area contributed by atoms with Crippen LogP contribution in [-0.4, -0.2) is 0 Å². The van der Waals surface area contributed by atoms with Gasteiger partial charge in [-0.3, -0.25) is 0 Å². The fourth-order valence-electron chi connectivity index (χ4n) is 1.75. The Hall–Kier alpha value is -2.27. The highest BCUT2D eigenvalue weighted by atomic mass is 16.5. The van der Waals surface area contributed by atoms with E-state index in [9.17, 15) is 0 Å². The van der Waals surface area contributed by atoms with Crippen LogP contribution in [0.15, 0.2) is 42.5 Å². The number of hydrogen-bond acceptors (Lipinski definition) is 2. The molecule has 0 unspecified atom stereocenters.